The van der Waals surface area contributed by atoms with Crippen molar-refractivity contribution in [3.05, 3.63) is 70.4 Å². The van der Waals surface area contributed by atoms with E-state index >= 15 is 0 Å². The van der Waals surface area contributed by atoms with E-state index in [0.29, 0.717) is 0 Å². The summed E-state index contributed by atoms with van der Waals surface area (Å²) in [4.78, 5) is 32.1. The minimum Gasteiger partial charge on any atom is -0.418 e. The number of carbonyl (C=O) groups is 2. The van der Waals surface area contributed by atoms with Crippen molar-refractivity contribution < 1.29 is 110 Å². The van der Waals surface area contributed by atoms with E-state index in [0.717, 1.165) is 0 Å². The summed E-state index contributed by atoms with van der Waals surface area (Å²) in [5.74, 6) is -1.95. The SMILES string of the molecule is Cc1cc(C2CC(c3cc(C(F)(F)F)cc(C(F)F)n3)([C-](F)F)ON2)ccc1C(=O)NCC(=O)NCC(F)(F)F.[K+]. The first-order valence-corrected chi connectivity index (χ1v) is 11.1. The number of aryl methyl sites for hydroxylation is 1. The van der Waals surface area contributed by atoms with Gasteiger partial charge in [0.25, 0.3) is 12.3 Å². The molecule has 0 radical (unpaired) electrons. The summed E-state index contributed by atoms with van der Waals surface area (Å²) >= 11 is 0. The van der Waals surface area contributed by atoms with Crippen LogP contribution in [0.25, 0.3) is 0 Å². The molecule has 1 aromatic carbocycles. The Bertz CT molecular complexity index is 1260. The van der Waals surface area contributed by atoms with Crippen LogP contribution >= 0.6 is 0 Å². The number of hydrogen-bond donors (Lipinski definition) is 3. The van der Waals surface area contributed by atoms with Gasteiger partial charge in [0.15, 0.2) is 0 Å². The van der Waals surface area contributed by atoms with E-state index in [1.54, 1.807) is 5.32 Å². The number of nitrogens with one attached hydrogen (secondary N) is 3. The molecular formula is C23H19F10KN4O3. The van der Waals surface area contributed by atoms with Crippen molar-refractivity contribution in [3.63, 3.8) is 0 Å². The maximum absolute atomic E-state index is 14.1. The average molecular weight is 629 g/mol. The molecule has 1 aromatic heterocycles. The van der Waals surface area contributed by atoms with Gasteiger partial charge in [-0.3, -0.25) is 14.6 Å². The molecule has 2 atom stereocenters. The molecule has 3 N–H and O–H groups in total. The number of pyridine rings is 1. The van der Waals surface area contributed by atoms with Crippen LogP contribution < -0.4 is 67.5 Å². The summed E-state index contributed by atoms with van der Waals surface area (Å²) in [5.41, 5.74) is -4.36. The molecule has 1 saturated heterocycles. The minimum absolute atomic E-state index is 0. The Hall–Kier alpha value is -1.83. The van der Waals surface area contributed by atoms with Gasteiger partial charge in [0.1, 0.15) is 12.2 Å². The number of amides is 2. The number of rotatable bonds is 8. The Labute approximate surface area is 268 Å². The van der Waals surface area contributed by atoms with Crippen LogP contribution in [0.4, 0.5) is 43.9 Å². The molecule has 2 heterocycles. The van der Waals surface area contributed by atoms with Crippen molar-refractivity contribution in [1.82, 2.24) is 21.1 Å². The maximum atomic E-state index is 14.1. The van der Waals surface area contributed by atoms with Crippen molar-refractivity contribution in [3.8, 4) is 0 Å². The zero-order valence-electron chi connectivity index (χ0n) is 21.1. The largest absolute Gasteiger partial charge is 1.00 e. The Morgan fingerprint density at radius 1 is 1.12 bits per heavy atom. The van der Waals surface area contributed by atoms with E-state index in [-0.39, 0.29) is 80.2 Å². The molecule has 0 spiro atoms. The first kappa shape index (κ1) is 35.4. The number of hydrogen-bond acceptors (Lipinski definition) is 5. The van der Waals surface area contributed by atoms with Gasteiger partial charge >= 0.3 is 63.7 Å². The fourth-order valence-electron chi connectivity index (χ4n) is 3.81. The van der Waals surface area contributed by atoms with Gasteiger partial charge in [-0.25, -0.2) is 8.78 Å². The number of alkyl halides is 8. The third-order valence-corrected chi connectivity index (χ3v) is 5.78. The summed E-state index contributed by atoms with van der Waals surface area (Å²) in [5, 5.41) is 3.69. The minimum atomic E-state index is -5.15. The molecular weight excluding hydrogens is 609 g/mol. The van der Waals surface area contributed by atoms with Crippen molar-refractivity contribution >= 4 is 11.8 Å². The van der Waals surface area contributed by atoms with Crippen LogP contribution in [0.5, 0.6) is 0 Å². The number of benzene rings is 1. The Morgan fingerprint density at radius 3 is 2.32 bits per heavy atom. The fraction of sp³-hybridized carbons (Fsp3) is 0.391. The fourth-order valence-corrected chi connectivity index (χ4v) is 3.81. The molecule has 1 aliphatic heterocycles. The van der Waals surface area contributed by atoms with Crippen molar-refractivity contribution in [2.45, 2.75) is 43.8 Å². The second kappa shape index (κ2) is 13.6. The summed E-state index contributed by atoms with van der Waals surface area (Å²) in [6, 6.07) is 2.92. The van der Waals surface area contributed by atoms with Gasteiger partial charge in [-0.2, -0.15) is 31.8 Å². The summed E-state index contributed by atoms with van der Waals surface area (Å²) in [7, 11) is 0. The van der Waals surface area contributed by atoms with Gasteiger partial charge in [-0.1, -0.05) is 12.1 Å². The summed E-state index contributed by atoms with van der Waals surface area (Å²) < 4.78 is 131. The normalized spacial score (nSPS) is 19.3. The van der Waals surface area contributed by atoms with E-state index in [9.17, 15) is 53.5 Å². The smallest absolute Gasteiger partial charge is 0.418 e. The standard InChI is InChI=1S/C23H19F10N4O3.K/c1-10-4-11(2-3-13(10)19(39)34-8-17(38)35-9-22(28,29)30)15-7-21(20(26)27,40-37-15)16-6-12(23(31,32)33)5-14(36-16)18(24)25;/h2-6,15,18,37H,7-9H2,1H3,(H,34,39)(H,35,38);/q-1;+1. The molecule has 0 aliphatic carbocycles. The zero-order valence-corrected chi connectivity index (χ0v) is 24.2. The summed E-state index contributed by atoms with van der Waals surface area (Å²) in [6.45, 7) is -0.951. The maximum Gasteiger partial charge on any atom is 1.00 e. The van der Waals surface area contributed by atoms with E-state index in [1.807, 2.05) is 0 Å². The second-order valence-corrected chi connectivity index (χ2v) is 8.68. The van der Waals surface area contributed by atoms with Gasteiger partial charge in [0.05, 0.1) is 23.8 Å². The zero-order chi connectivity index (χ0) is 30.0. The van der Waals surface area contributed by atoms with Crippen LogP contribution in [-0.2, 0) is 21.4 Å². The predicted octanol–water partition coefficient (Wildman–Crippen LogP) is 2.05. The monoisotopic (exact) mass is 628 g/mol. The molecule has 3 rings (SSSR count). The van der Waals surface area contributed by atoms with E-state index < -0.39 is 85.1 Å². The number of nitrogens with zero attached hydrogens (tertiary/aromatic N) is 1. The van der Waals surface area contributed by atoms with Crippen LogP contribution in [0.3, 0.4) is 0 Å². The molecule has 1 aliphatic rings. The predicted molar refractivity (Wildman–Crippen MR) is 115 cm³/mol. The van der Waals surface area contributed by atoms with Crippen LogP contribution in [0.1, 0.15) is 57.3 Å². The number of halogens is 10. The second-order valence-electron chi connectivity index (χ2n) is 8.68. The first-order chi connectivity index (χ1) is 18.4. The van der Waals surface area contributed by atoms with Crippen molar-refractivity contribution in [2.24, 2.45) is 0 Å². The van der Waals surface area contributed by atoms with Crippen LogP contribution in [0.15, 0.2) is 30.3 Å². The molecule has 2 unspecified atom stereocenters. The number of hydroxylamine groups is 1. The van der Waals surface area contributed by atoms with Gasteiger partial charge in [-0.15, -0.1) is 0 Å². The van der Waals surface area contributed by atoms with E-state index in [1.165, 1.54) is 25.1 Å². The van der Waals surface area contributed by atoms with Gasteiger partial charge < -0.3 is 24.3 Å². The molecule has 2 aromatic rings. The number of carbonyl (C=O) groups excluding carboxylic acids is 2. The van der Waals surface area contributed by atoms with Crippen LogP contribution in [0.2, 0.25) is 0 Å². The van der Waals surface area contributed by atoms with Gasteiger partial charge in [-0.05, 0) is 42.7 Å². The van der Waals surface area contributed by atoms with E-state index in [4.69, 9.17) is 4.84 Å². The Morgan fingerprint density at radius 2 is 1.78 bits per heavy atom. The Balaban J connectivity index is 0.00000588. The molecule has 220 valence electrons. The molecule has 0 bridgehead atoms. The molecule has 41 heavy (non-hydrogen) atoms. The third kappa shape index (κ3) is 8.84. The van der Waals surface area contributed by atoms with Gasteiger partial charge in [0.2, 0.25) is 5.91 Å². The van der Waals surface area contributed by atoms with Crippen LogP contribution in [0, 0.1) is 13.3 Å². The van der Waals surface area contributed by atoms with Crippen LogP contribution in [-0.4, -0.2) is 36.1 Å². The molecule has 0 saturated carbocycles. The molecule has 18 heteroatoms. The summed E-state index contributed by atoms with van der Waals surface area (Å²) in [6.07, 6.45) is -16.6. The number of aromatic nitrogens is 1. The van der Waals surface area contributed by atoms with E-state index in [2.05, 4.69) is 15.8 Å². The first-order valence-electron chi connectivity index (χ1n) is 11.1. The van der Waals surface area contributed by atoms with Gasteiger partial charge in [0, 0.05) is 17.7 Å². The van der Waals surface area contributed by atoms with Crippen molar-refractivity contribution in [2.75, 3.05) is 13.1 Å². The molecule has 2 amide bonds. The topological polar surface area (TPSA) is 92.3 Å². The third-order valence-electron chi connectivity index (χ3n) is 5.78. The quantitative estimate of drug-likeness (QED) is 0.237. The Kier molecular flexibility index (Phi) is 11.8. The average Bonchev–Trinajstić information content (AvgIpc) is 3.32. The molecule has 7 nitrogen and oxygen atoms in total. The molecule has 1 fully saturated rings. The van der Waals surface area contributed by atoms with Crippen molar-refractivity contribution in [1.29, 1.82) is 0 Å².